The second kappa shape index (κ2) is 8.73. The molecule has 0 fully saturated rings. The molecule has 0 radical (unpaired) electrons. The second-order valence-corrected chi connectivity index (χ2v) is 5.64. The fourth-order valence-electron chi connectivity index (χ4n) is 2.37. The predicted octanol–water partition coefficient (Wildman–Crippen LogP) is 3.64. The monoisotopic (exact) mass is 322 g/mol. The Bertz CT molecular complexity index is 735. The Morgan fingerprint density at radius 3 is 2.79 bits per heavy atom. The molecule has 0 atom stereocenters. The predicted molar refractivity (Wildman–Crippen MR) is 95.3 cm³/mol. The first-order valence-corrected chi connectivity index (χ1v) is 8.21. The van der Waals surface area contributed by atoms with Crippen LogP contribution in [0.5, 0.6) is 0 Å². The number of hydrogen-bond acceptors (Lipinski definition) is 2. The first-order chi connectivity index (χ1) is 11.6. The zero-order valence-electron chi connectivity index (χ0n) is 13.9. The van der Waals surface area contributed by atoms with Gasteiger partial charge in [-0.05, 0) is 37.5 Å². The molecule has 0 saturated carbocycles. The molecule has 0 saturated heterocycles. The standard InChI is InChI=1S/C20H22N2O2/c1-2-3-14-22(20(21)24)19(23)18-11-7-10-17(15-18)13-12-16-8-5-4-6-9-16/h4-5,7-8,10-11,15H,2-3,6,9,14H2,1H3,(H2,21,24). The molecule has 0 aromatic heterocycles. The van der Waals surface area contributed by atoms with Gasteiger partial charge < -0.3 is 5.73 Å². The molecule has 1 aliphatic carbocycles. The first-order valence-electron chi connectivity index (χ1n) is 8.21. The number of allylic oxidation sites excluding steroid dienone is 4. The molecule has 1 aliphatic rings. The number of primary amides is 1. The number of rotatable bonds is 4. The van der Waals surface area contributed by atoms with Gasteiger partial charge in [-0.2, -0.15) is 0 Å². The van der Waals surface area contributed by atoms with E-state index in [0.717, 1.165) is 41.7 Å². The van der Waals surface area contributed by atoms with Crippen molar-refractivity contribution in [1.82, 2.24) is 4.90 Å². The number of unbranched alkanes of at least 4 members (excludes halogenated alkanes) is 1. The van der Waals surface area contributed by atoms with Gasteiger partial charge in [-0.15, -0.1) is 0 Å². The lowest BCUT2D eigenvalue weighted by atomic mass is 10.0. The largest absolute Gasteiger partial charge is 0.351 e. The molecular weight excluding hydrogens is 300 g/mol. The van der Waals surface area contributed by atoms with Gasteiger partial charge in [-0.1, -0.05) is 49.5 Å². The summed E-state index contributed by atoms with van der Waals surface area (Å²) in [5.74, 6) is 5.84. The van der Waals surface area contributed by atoms with Crippen LogP contribution in [0.3, 0.4) is 0 Å². The number of carbonyl (C=O) groups is 2. The van der Waals surface area contributed by atoms with E-state index in [0.29, 0.717) is 12.1 Å². The minimum absolute atomic E-state index is 0.333. The topological polar surface area (TPSA) is 63.4 Å². The van der Waals surface area contributed by atoms with Crippen LogP contribution in [-0.4, -0.2) is 23.4 Å². The van der Waals surface area contributed by atoms with Gasteiger partial charge in [0, 0.05) is 23.2 Å². The zero-order chi connectivity index (χ0) is 17.4. The fourth-order valence-corrected chi connectivity index (χ4v) is 2.37. The summed E-state index contributed by atoms with van der Waals surface area (Å²) in [4.78, 5) is 25.1. The number of urea groups is 1. The summed E-state index contributed by atoms with van der Waals surface area (Å²) in [6.07, 6.45) is 9.68. The third kappa shape index (κ3) is 4.85. The van der Waals surface area contributed by atoms with Crippen molar-refractivity contribution < 1.29 is 9.59 Å². The van der Waals surface area contributed by atoms with Crippen LogP contribution < -0.4 is 5.73 Å². The maximum absolute atomic E-state index is 12.5. The van der Waals surface area contributed by atoms with E-state index in [1.54, 1.807) is 18.2 Å². The van der Waals surface area contributed by atoms with Crippen molar-refractivity contribution >= 4 is 11.9 Å². The number of hydrogen-bond donors (Lipinski definition) is 1. The Hall–Kier alpha value is -2.80. The van der Waals surface area contributed by atoms with Crippen molar-refractivity contribution in [2.24, 2.45) is 5.73 Å². The number of nitrogens with two attached hydrogens (primary N) is 1. The van der Waals surface area contributed by atoms with E-state index in [9.17, 15) is 9.59 Å². The van der Waals surface area contributed by atoms with E-state index >= 15 is 0 Å². The Morgan fingerprint density at radius 1 is 1.29 bits per heavy atom. The minimum atomic E-state index is -0.718. The van der Waals surface area contributed by atoms with Gasteiger partial charge in [-0.3, -0.25) is 9.69 Å². The maximum Gasteiger partial charge on any atom is 0.321 e. The SMILES string of the molecule is CCCCN(C(N)=O)C(=O)c1cccc(C#CC2=CC=CCC2)c1. The van der Waals surface area contributed by atoms with Crippen molar-refractivity contribution in [3.05, 3.63) is 59.2 Å². The second-order valence-electron chi connectivity index (χ2n) is 5.64. The molecular formula is C20H22N2O2. The maximum atomic E-state index is 12.5. The Morgan fingerprint density at radius 2 is 2.12 bits per heavy atom. The molecule has 0 aliphatic heterocycles. The third-order valence-corrected chi connectivity index (χ3v) is 3.74. The lowest BCUT2D eigenvalue weighted by molar-refractivity contribution is 0.0806. The van der Waals surface area contributed by atoms with E-state index in [1.165, 1.54) is 0 Å². The summed E-state index contributed by atoms with van der Waals surface area (Å²) in [5.41, 5.74) is 7.59. The highest BCUT2D eigenvalue weighted by Crippen LogP contribution is 2.12. The molecule has 2 N–H and O–H groups in total. The van der Waals surface area contributed by atoms with Gasteiger partial charge in [0.2, 0.25) is 0 Å². The summed E-state index contributed by atoms with van der Waals surface area (Å²) in [6.45, 7) is 2.33. The van der Waals surface area contributed by atoms with Crippen molar-refractivity contribution in [3.63, 3.8) is 0 Å². The summed E-state index contributed by atoms with van der Waals surface area (Å²) in [6, 6.07) is 6.29. The van der Waals surface area contributed by atoms with Crippen molar-refractivity contribution in [3.8, 4) is 11.8 Å². The lowest BCUT2D eigenvalue weighted by Gasteiger charge is -2.18. The summed E-state index contributed by atoms with van der Waals surface area (Å²) < 4.78 is 0. The Kier molecular flexibility index (Phi) is 6.39. The highest BCUT2D eigenvalue weighted by molar-refractivity contribution is 6.04. The van der Waals surface area contributed by atoms with Gasteiger partial charge in [0.1, 0.15) is 0 Å². The molecule has 0 spiro atoms. The van der Waals surface area contributed by atoms with Crippen LogP contribution in [0.15, 0.2) is 48.1 Å². The Labute approximate surface area is 143 Å². The van der Waals surface area contributed by atoms with Crippen molar-refractivity contribution in [2.45, 2.75) is 32.6 Å². The highest BCUT2D eigenvalue weighted by Gasteiger charge is 2.19. The normalized spacial score (nSPS) is 12.8. The van der Waals surface area contributed by atoms with Crippen LogP contribution in [0.4, 0.5) is 4.79 Å². The van der Waals surface area contributed by atoms with Gasteiger partial charge >= 0.3 is 6.03 Å². The third-order valence-electron chi connectivity index (χ3n) is 3.74. The molecule has 2 rings (SSSR count). The van der Waals surface area contributed by atoms with Crippen molar-refractivity contribution in [1.29, 1.82) is 0 Å². The smallest absolute Gasteiger partial charge is 0.321 e. The Balaban J connectivity index is 2.18. The van der Waals surface area contributed by atoms with Crippen LogP contribution in [0, 0.1) is 11.8 Å². The average Bonchev–Trinajstić information content (AvgIpc) is 2.61. The van der Waals surface area contributed by atoms with E-state index in [2.05, 4.69) is 17.9 Å². The van der Waals surface area contributed by atoms with E-state index in [4.69, 9.17) is 5.73 Å². The summed E-state index contributed by atoms with van der Waals surface area (Å²) in [7, 11) is 0. The molecule has 24 heavy (non-hydrogen) atoms. The fraction of sp³-hybridized carbons (Fsp3) is 0.300. The molecule has 1 aromatic rings. The van der Waals surface area contributed by atoms with Crippen LogP contribution in [0.1, 0.15) is 48.5 Å². The summed E-state index contributed by atoms with van der Waals surface area (Å²) >= 11 is 0. The van der Waals surface area contributed by atoms with Gasteiger partial charge in [0.05, 0.1) is 0 Å². The number of nitrogens with zero attached hydrogens (tertiary/aromatic N) is 1. The number of benzene rings is 1. The summed E-state index contributed by atoms with van der Waals surface area (Å²) in [5, 5.41) is 0. The lowest BCUT2D eigenvalue weighted by Crippen LogP contribution is -2.41. The number of amides is 3. The van der Waals surface area contributed by atoms with Crippen LogP contribution in [0.2, 0.25) is 0 Å². The van der Waals surface area contributed by atoms with Crippen molar-refractivity contribution in [2.75, 3.05) is 6.54 Å². The first kappa shape index (κ1) is 17.6. The highest BCUT2D eigenvalue weighted by atomic mass is 16.2. The molecule has 1 aromatic carbocycles. The van der Waals surface area contributed by atoms with Gasteiger partial charge in [0.15, 0.2) is 0 Å². The zero-order valence-corrected chi connectivity index (χ0v) is 13.9. The molecule has 0 unspecified atom stereocenters. The van der Waals surface area contributed by atoms with Crippen LogP contribution in [-0.2, 0) is 0 Å². The van der Waals surface area contributed by atoms with Gasteiger partial charge in [-0.25, -0.2) is 4.79 Å². The number of carbonyl (C=O) groups excluding carboxylic acids is 2. The molecule has 0 bridgehead atoms. The van der Waals surface area contributed by atoms with Crippen LogP contribution >= 0.6 is 0 Å². The number of imide groups is 1. The van der Waals surface area contributed by atoms with E-state index in [-0.39, 0.29) is 5.91 Å². The van der Waals surface area contributed by atoms with E-state index in [1.807, 2.05) is 25.1 Å². The molecule has 3 amide bonds. The van der Waals surface area contributed by atoms with Gasteiger partial charge in [0.25, 0.3) is 5.91 Å². The van der Waals surface area contributed by atoms with Crippen LogP contribution in [0.25, 0.3) is 0 Å². The average molecular weight is 322 g/mol. The quantitative estimate of drug-likeness (QED) is 0.860. The minimum Gasteiger partial charge on any atom is -0.351 e. The molecule has 4 heteroatoms. The molecule has 124 valence electrons. The molecule has 0 heterocycles. The molecule has 4 nitrogen and oxygen atoms in total. The van der Waals surface area contributed by atoms with E-state index < -0.39 is 6.03 Å².